The number of benzene rings is 3. The lowest BCUT2D eigenvalue weighted by Crippen LogP contribution is -2.12. The SMILES string of the molecule is CC(=O)Oc1ccc(C)c(CC2CCCC=C2c2nc(-c3ccccc3)c(-c3ccccc3)o2)c1. The summed E-state index contributed by atoms with van der Waals surface area (Å²) < 4.78 is 11.9. The Morgan fingerprint density at radius 3 is 2.43 bits per heavy atom. The maximum atomic E-state index is 11.5. The van der Waals surface area contributed by atoms with E-state index >= 15 is 0 Å². The van der Waals surface area contributed by atoms with Crippen LogP contribution in [0.2, 0.25) is 0 Å². The van der Waals surface area contributed by atoms with E-state index in [-0.39, 0.29) is 11.9 Å². The fourth-order valence-electron chi connectivity index (χ4n) is 4.80. The average molecular weight is 464 g/mol. The summed E-state index contributed by atoms with van der Waals surface area (Å²) in [5.74, 6) is 2.06. The minimum Gasteiger partial charge on any atom is -0.436 e. The zero-order valence-corrected chi connectivity index (χ0v) is 20.2. The van der Waals surface area contributed by atoms with Gasteiger partial charge in [0.05, 0.1) is 0 Å². The van der Waals surface area contributed by atoms with Crippen LogP contribution in [0.15, 0.2) is 89.4 Å². The number of hydrogen-bond donors (Lipinski definition) is 0. The van der Waals surface area contributed by atoms with Crippen LogP contribution in [0.5, 0.6) is 5.75 Å². The van der Waals surface area contributed by atoms with Crippen molar-refractivity contribution in [1.29, 1.82) is 0 Å². The zero-order chi connectivity index (χ0) is 24.2. The third-order valence-corrected chi connectivity index (χ3v) is 6.57. The highest BCUT2D eigenvalue weighted by molar-refractivity contribution is 5.79. The van der Waals surface area contributed by atoms with Crippen molar-refractivity contribution in [1.82, 2.24) is 4.98 Å². The van der Waals surface area contributed by atoms with Crippen LogP contribution in [-0.4, -0.2) is 11.0 Å². The quantitative estimate of drug-likeness (QED) is 0.217. The molecule has 35 heavy (non-hydrogen) atoms. The molecule has 0 bridgehead atoms. The van der Waals surface area contributed by atoms with Gasteiger partial charge in [0.15, 0.2) is 5.76 Å². The number of aromatic nitrogens is 1. The molecule has 0 aliphatic heterocycles. The lowest BCUT2D eigenvalue weighted by molar-refractivity contribution is -0.131. The monoisotopic (exact) mass is 463 g/mol. The summed E-state index contributed by atoms with van der Waals surface area (Å²) in [6, 6.07) is 26.3. The molecule has 0 radical (unpaired) electrons. The number of hydrogen-bond acceptors (Lipinski definition) is 4. The third-order valence-electron chi connectivity index (χ3n) is 6.57. The van der Waals surface area contributed by atoms with Crippen LogP contribution in [0.4, 0.5) is 0 Å². The molecule has 0 spiro atoms. The molecular formula is C31H29NO3. The van der Waals surface area contributed by atoms with Crippen molar-refractivity contribution >= 4 is 11.5 Å². The number of allylic oxidation sites excluding steroid dienone is 2. The molecule has 0 N–H and O–H groups in total. The summed E-state index contributed by atoms with van der Waals surface area (Å²) in [5, 5.41) is 0. The van der Waals surface area contributed by atoms with Crippen LogP contribution >= 0.6 is 0 Å². The Bertz CT molecular complexity index is 1300. The average Bonchev–Trinajstić information content (AvgIpc) is 3.33. The minimum atomic E-state index is -0.306. The second-order valence-electron chi connectivity index (χ2n) is 9.10. The van der Waals surface area contributed by atoms with Crippen molar-refractivity contribution in [3.63, 3.8) is 0 Å². The van der Waals surface area contributed by atoms with Gasteiger partial charge in [-0.25, -0.2) is 4.98 Å². The number of esters is 1. The predicted octanol–water partition coefficient (Wildman–Crippen LogP) is 7.67. The van der Waals surface area contributed by atoms with Crippen LogP contribution in [0, 0.1) is 12.8 Å². The van der Waals surface area contributed by atoms with E-state index in [9.17, 15) is 4.79 Å². The summed E-state index contributed by atoms with van der Waals surface area (Å²) in [4.78, 5) is 16.5. The van der Waals surface area contributed by atoms with Crippen molar-refractivity contribution in [3.05, 3.63) is 102 Å². The Morgan fingerprint density at radius 1 is 1.00 bits per heavy atom. The van der Waals surface area contributed by atoms with Gasteiger partial charge in [-0.1, -0.05) is 72.8 Å². The van der Waals surface area contributed by atoms with Crippen LogP contribution in [0.1, 0.15) is 43.2 Å². The standard InChI is InChI=1S/C31H29NO3/c1-21-17-18-27(34-22(2)33)20-26(21)19-25-15-9-10-16-28(25)31-32-29(23-11-5-3-6-12-23)30(35-31)24-13-7-4-8-14-24/h3-8,11-14,16-18,20,25H,9-10,15,19H2,1-2H3. The first-order chi connectivity index (χ1) is 17.1. The van der Waals surface area contributed by atoms with E-state index in [1.165, 1.54) is 18.1 Å². The number of aryl methyl sites for hydroxylation is 1. The molecule has 5 rings (SSSR count). The van der Waals surface area contributed by atoms with Gasteiger partial charge in [-0.05, 0) is 61.8 Å². The molecule has 0 saturated heterocycles. The Balaban J connectivity index is 1.52. The smallest absolute Gasteiger partial charge is 0.308 e. The summed E-state index contributed by atoms with van der Waals surface area (Å²) in [6.07, 6.45) is 6.34. The summed E-state index contributed by atoms with van der Waals surface area (Å²) in [6.45, 7) is 3.53. The van der Waals surface area contributed by atoms with Crippen molar-refractivity contribution in [2.75, 3.05) is 0 Å². The maximum absolute atomic E-state index is 11.5. The lowest BCUT2D eigenvalue weighted by Gasteiger charge is -2.23. The van der Waals surface area contributed by atoms with E-state index in [0.717, 1.165) is 53.8 Å². The molecule has 4 nitrogen and oxygen atoms in total. The maximum Gasteiger partial charge on any atom is 0.308 e. The Morgan fingerprint density at radius 2 is 1.71 bits per heavy atom. The zero-order valence-electron chi connectivity index (χ0n) is 20.2. The first-order valence-corrected chi connectivity index (χ1v) is 12.2. The number of carbonyl (C=O) groups is 1. The summed E-state index contributed by atoms with van der Waals surface area (Å²) in [7, 11) is 0. The van der Waals surface area contributed by atoms with E-state index in [2.05, 4.69) is 37.3 Å². The van der Waals surface area contributed by atoms with Crippen molar-refractivity contribution < 1.29 is 13.9 Å². The Labute approximate surface area is 206 Å². The fraction of sp³-hybridized carbons (Fsp3) is 0.226. The molecule has 1 heterocycles. The predicted molar refractivity (Wildman–Crippen MR) is 139 cm³/mol. The molecule has 1 aliphatic carbocycles. The minimum absolute atomic E-state index is 0.279. The third kappa shape index (κ3) is 5.12. The van der Waals surface area contributed by atoms with Crippen molar-refractivity contribution in [2.45, 2.75) is 39.5 Å². The summed E-state index contributed by atoms with van der Waals surface area (Å²) in [5.41, 5.74) is 6.45. The Hall–Kier alpha value is -3.92. The normalized spacial score (nSPS) is 15.5. The number of oxazole rings is 1. The van der Waals surface area contributed by atoms with Gasteiger partial charge in [-0.2, -0.15) is 0 Å². The first kappa shape index (κ1) is 22.9. The molecule has 4 aromatic rings. The number of carbonyl (C=O) groups excluding carboxylic acids is 1. The molecule has 0 amide bonds. The van der Waals surface area contributed by atoms with E-state index in [1.807, 2.05) is 54.6 Å². The second-order valence-corrected chi connectivity index (χ2v) is 9.10. The molecule has 4 heteroatoms. The topological polar surface area (TPSA) is 52.3 Å². The second kappa shape index (κ2) is 10.1. The molecule has 3 aromatic carbocycles. The van der Waals surface area contributed by atoms with Gasteiger partial charge in [0, 0.05) is 23.6 Å². The molecule has 1 aromatic heterocycles. The van der Waals surface area contributed by atoms with Gasteiger partial charge in [-0.15, -0.1) is 0 Å². The highest BCUT2D eigenvalue weighted by Crippen LogP contribution is 2.40. The molecule has 1 aliphatic rings. The molecule has 1 unspecified atom stereocenters. The van der Waals surface area contributed by atoms with E-state index in [1.54, 1.807) is 0 Å². The molecule has 0 saturated carbocycles. The van der Waals surface area contributed by atoms with Crippen LogP contribution in [0.25, 0.3) is 28.2 Å². The van der Waals surface area contributed by atoms with Gasteiger partial charge in [0.1, 0.15) is 11.4 Å². The Kier molecular flexibility index (Phi) is 6.62. The van der Waals surface area contributed by atoms with E-state index < -0.39 is 0 Å². The molecule has 0 fully saturated rings. The van der Waals surface area contributed by atoms with E-state index in [4.69, 9.17) is 14.1 Å². The highest BCUT2D eigenvalue weighted by atomic mass is 16.5. The van der Waals surface area contributed by atoms with Gasteiger partial charge >= 0.3 is 5.97 Å². The molecular weight excluding hydrogens is 434 g/mol. The van der Waals surface area contributed by atoms with Gasteiger partial charge < -0.3 is 9.15 Å². The van der Waals surface area contributed by atoms with Crippen molar-refractivity contribution in [2.24, 2.45) is 5.92 Å². The van der Waals surface area contributed by atoms with Crippen molar-refractivity contribution in [3.8, 4) is 28.3 Å². The fourth-order valence-corrected chi connectivity index (χ4v) is 4.80. The van der Waals surface area contributed by atoms with Gasteiger partial charge in [0.2, 0.25) is 5.89 Å². The van der Waals surface area contributed by atoms with Gasteiger partial charge in [0.25, 0.3) is 0 Å². The highest BCUT2D eigenvalue weighted by Gasteiger charge is 2.26. The van der Waals surface area contributed by atoms with E-state index in [0.29, 0.717) is 11.6 Å². The lowest BCUT2D eigenvalue weighted by atomic mass is 9.82. The molecule has 1 atom stereocenters. The van der Waals surface area contributed by atoms with Gasteiger partial charge in [-0.3, -0.25) is 4.79 Å². The van der Waals surface area contributed by atoms with Crippen LogP contribution in [0.3, 0.4) is 0 Å². The largest absolute Gasteiger partial charge is 0.436 e. The van der Waals surface area contributed by atoms with Crippen LogP contribution in [-0.2, 0) is 11.2 Å². The number of ether oxygens (including phenoxy) is 1. The summed E-state index contributed by atoms with van der Waals surface area (Å²) >= 11 is 0. The van der Waals surface area contributed by atoms with Crippen LogP contribution < -0.4 is 4.74 Å². The first-order valence-electron chi connectivity index (χ1n) is 12.2. The number of rotatable bonds is 6. The number of nitrogens with zero attached hydrogens (tertiary/aromatic N) is 1. The molecule has 176 valence electrons.